The lowest BCUT2D eigenvalue weighted by atomic mass is 10.1. The number of aromatic nitrogens is 4. The molecule has 0 unspecified atom stereocenters. The van der Waals surface area contributed by atoms with Crippen molar-refractivity contribution in [3.63, 3.8) is 0 Å². The lowest BCUT2D eigenvalue weighted by Crippen LogP contribution is -2.12. The third-order valence-corrected chi connectivity index (χ3v) is 4.91. The van der Waals surface area contributed by atoms with Crippen molar-refractivity contribution < 1.29 is 9.53 Å². The SMILES string of the molecule is COc1ccc(NC(=O)CCCc2ccc(Cl)c(Cl)c2)cc1-n1nnnc1C. The average molecular weight is 420 g/mol. The number of carbonyl (C=O) groups is 1. The Morgan fingerprint density at radius 3 is 2.68 bits per heavy atom. The highest BCUT2D eigenvalue weighted by Gasteiger charge is 2.12. The van der Waals surface area contributed by atoms with Gasteiger partial charge in [-0.1, -0.05) is 29.3 Å². The van der Waals surface area contributed by atoms with E-state index in [0.717, 1.165) is 12.0 Å². The molecule has 1 amide bonds. The van der Waals surface area contributed by atoms with E-state index in [4.69, 9.17) is 27.9 Å². The lowest BCUT2D eigenvalue weighted by Gasteiger charge is -2.12. The second-order valence-corrected chi connectivity index (χ2v) is 6.99. The molecule has 1 N–H and O–H groups in total. The summed E-state index contributed by atoms with van der Waals surface area (Å²) in [5.74, 6) is 1.14. The van der Waals surface area contributed by atoms with Crippen molar-refractivity contribution in [1.29, 1.82) is 0 Å². The zero-order valence-electron chi connectivity index (χ0n) is 15.4. The van der Waals surface area contributed by atoms with Gasteiger partial charge in [0.25, 0.3) is 0 Å². The summed E-state index contributed by atoms with van der Waals surface area (Å²) in [4.78, 5) is 12.3. The Bertz CT molecular complexity index is 990. The molecular weight excluding hydrogens is 401 g/mol. The van der Waals surface area contributed by atoms with Gasteiger partial charge in [-0.15, -0.1) is 5.10 Å². The molecule has 0 saturated carbocycles. The van der Waals surface area contributed by atoms with Gasteiger partial charge in [-0.2, -0.15) is 4.68 Å². The fourth-order valence-corrected chi connectivity index (χ4v) is 3.08. The Hall–Kier alpha value is -2.64. The molecule has 0 bridgehead atoms. The summed E-state index contributed by atoms with van der Waals surface area (Å²) in [6.07, 6.45) is 1.81. The molecule has 3 rings (SSSR count). The lowest BCUT2D eigenvalue weighted by molar-refractivity contribution is -0.116. The van der Waals surface area contributed by atoms with Gasteiger partial charge in [-0.05, 0) is 66.1 Å². The third kappa shape index (κ3) is 4.79. The summed E-state index contributed by atoms with van der Waals surface area (Å²) in [5, 5.41) is 15.4. The summed E-state index contributed by atoms with van der Waals surface area (Å²) in [5.41, 5.74) is 2.34. The van der Waals surface area contributed by atoms with E-state index < -0.39 is 0 Å². The largest absolute Gasteiger partial charge is 0.494 e. The van der Waals surface area contributed by atoms with Crippen LogP contribution in [0.25, 0.3) is 5.69 Å². The van der Waals surface area contributed by atoms with Crippen molar-refractivity contribution in [2.24, 2.45) is 0 Å². The highest BCUT2D eigenvalue weighted by atomic mass is 35.5. The average Bonchev–Trinajstić information content (AvgIpc) is 3.10. The predicted octanol–water partition coefficient (Wildman–Crippen LogP) is 4.25. The minimum absolute atomic E-state index is 0.0791. The summed E-state index contributed by atoms with van der Waals surface area (Å²) in [6, 6.07) is 10.8. The summed E-state index contributed by atoms with van der Waals surface area (Å²) < 4.78 is 6.92. The number of nitrogens with one attached hydrogen (secondary N) is 1. The molecule has 0 aliphatic heterocycles. The van der Waals surface area contributed by atoms with Crippen LogP contribution >= 0.6 is 23.2 Å². The van der Waals surface area contributed by atoms with Crippen LogP contribution in [0.2, 0.25) is 10.0 Å². The number of aryl methyl sites for hydroxylation is 2. The summed E-state index contributed by atoms with van der Waals surface area (Å²) >= 11 is 11.9. The fourth-order valence-electron chi connectivity index (χ4n) is 2.76. The predicted molar refractivity (Wildman–Crippen MR) is 108 cm³/mol. The third-order valence-electron chi connectivity index (χ3n) is 4.17. The number of benzene rings is 2. The van der Waals surface area contributed by atoms with Crippen LogP contribution in [0.3, 0.4) is 0 Å². The van der Waals surface area contributed by atoms with Crippen molar-refractivity contribution in [2.75, 3.05) is 12.4 Å². The maximum Gasteiger partial charge on any atom is 0.224 e. The van der Waals surface area contributed by atoms with E-state index in [1.54, 1.807) is 43.0 Å². The molecule has 0 radical (unpaired) electrons. The molecule has 2 aromatic carbocycles. The molecule has 28 heavy (non-hydrogen) atoms. The number of methoxy groups -OCH3 is 1. The normalized spacial score (nSPS) is 10.7. The summed E-state index contributed by atoms with van der Waals surface area (Å²) in [6.45, 7) is 1.79. The number of hydrogen-bond donors (Lipinski definition) is 1. The second-order valence-electron chi connectivity index (χ2n) is 6.17. The zero-order chi connectivity index (χ0) is 20.1. The van der Waals surface area contributed by atoms with E-state index in [1.807, 2.05) is 12.1 Å². The molecule has 0 spiro atoms. The first kappa shape index (κ1) is 20.1. The molecular formula is C19H19Cl2N5O2. The Labute approximate surface area is 172 Å². The Balaban J connectivity index is 1.62. The number of carbonyl (C=O) groups excluding carboxylic acids is 1. The molecule has 0 saturated heterocycles. The van der Waals surface area contributed by atoms with Gasteiger partial charge in [-0.25, -0.2) is 0 Å². The number of ether oxygens (including phenoxy) is 1. The number of amides is 1. The molecule has 1 aromatic heterocycles. The van der Waals surface area contributed by atoms with Gasteiger partial charge >= 0.3 is 0 Å². The Kier molecular flexibility index (Phi) is 6.49. The van der Waals surface area contributed by atoms with E-state index in [9.17, 15) is 4.79 Å². The van der Waals surface area contributed by atoms with Crippen molar-refractivity contribution in [1.82, 2.24) is 20.2 Å². The minimum atomic E-state index is -0.0791. The van der Waals surface area contributed by atoms with Crippen molar-refractivity contribution in [3.8, 4) is 11.4 Å². The molecule has 0 atom stereocenters. The molecule has 146 valence electrons. The fraction of sp³-hybridized carbons (Fsp3) is 0.263. The van der Waals surface area contributed by atoms with E-state index in [-0.39, 0.29) is 5.91 Å². The smallest absolute Gasteiger partial charge is 0.224 e. The number of nitrogens with zero attached hydrogens (tertiary/aromatic N) is 4. The van der Waals surface area contributed by atoms with Crippen molar-refractivity contribution >= 4 is 34.8 Å². The second kappa shape index (κ2) is 9.03. The van der Waals surface area contributed by atoms with Gasteiger partial charge in [0.05, 0.1) is 17.2 Å². The molecule has 0 fully saturated rings. The van der Waals surface area contributed by atoms with Crippen molar-refractivity contribution in [3.05, 3.63) is 57.8 Å². The van der Waals surface area contributed by atoms with E-state index in [1.165, 1.54) is 0 Å². The van der Waals surface area contributed by atoms with Crippen LogP contribution in [0.15, 0.2) is 36.4 Å². The molecule has 7 nitrogen and oxygen atoms in total. The van der Waals surface area contributed by atoms with E-state index in [0.29, 0.717) is 45.8 Å². The number of hydrogen-bond acceptors (Lipinski definition) is 5. The number of halogens is 2. The highest BCUT2D eigenvalue weighted by molar-refractivity contribution is 6.42. The van der Waals surface area contributed by atoms with Crippen LogP contribution in [0.5, 0.6) is 5.75 Å². The minimum Gasteiger partial charge on any atom is -0.494 e. The van der Waals surface area contributed by atoms with E-state index in [2.05, 4.69) is 20.8 Å². The molecule has 1 heterocycles. The van der Waals surface area contributed by atoms with Crippen LogP contribution in [-0.2, 0) is 11.2 Å². The van der Waals surface area contributed by atoms with Gasteiger partial charge in [0.15, 0.2) is 5.82 Å². The van der Waals surface area contributed by atoms with E-state index >= 15 is 0 Å². The quantitative estimate of drug-likeness (QED) is 0.618. The van der Waals surface area contributed by atoms with Crippen LogP contribution in [-0.4, -0.2) is 33.2 Å². The number of rotatable bonds is 7. The van der Waals surface area contributed by atoms with Gasteiger partial charge in [0.2, 0.25) is 5.91 Å². The molecule has 0 aliphatic carbocycles. The Morgan fingerprint density at radius 1 is 1.18 bits per heavy atom. The maximum atomic E-state index is 12.3. The van der Waals surface area contributed by atoms with Gasteiger partial charge < -0.3 is 10.1 Å². The van der Waals surface area contributed by atoms with Gasteiger partial charge in [0.1, 0.15) is 11.4 Å². The molecule has 3 aromatic rings. The monoisotopic (exact) mass is 419 g/mol. The summed E-state index contributed by atoms with van der Waals surface area (Å²) in [7, 11) is 1.57. The topological polar surface area (TPSA) is 81.9 Å². The highest BCUT2D eigenvalue weighted by Crippen LogP contribution is 2.27. The standard InChI is InChI=1S/C19H19Cl2N5O2/c1-12-23-24-25-26(12)17-11-14(7-9-18(17)28-2)22-19(27)5-3-4-13-6-8-15(20)16(21)10-13/h6-11H,3-5H2,1-2H3,(H,22,27). The van der Waals surface area contributed by atoms with Crippen LogP contribution in [0, 0.1) is 6.92 Å². The molecule has 9 heteroatoms. The first-order valence-corrected chi connectivity index (χ1v) is 9.40. The number of tetrazole rings is 1. The van der Waals surface area contributed by atoms with Gasteiger partial charge in [-0.3, -0.25) is 4.79 Å². The zero-order valence-corrected chi connectivity index (χ0v) is 17.0. The van der Waals surface area contributed by atoms with Crippen LogP contribution in [0.1, 0.15) is 24.2 Å². The molecule has 0 aliphatic rings. The first-order chi connectivity index (χ1) is 13.5. The van der Waals surface area contributed by atoms with Crippen molar-refractivity contribution in [2.45, 2.75) is 26.2 Å². The van der Waals surface area contributed by atoms with Gasteiger partial charge in [0, 0.05) is 12.1 Å². The number of anilines is 1. The van der Waals surface area contributed by atoms with Crippen LogP contribution < -0.4 is 10.1 Å². The van der Waals surface area contributed by atoms with Crippen LogP contribution in [0.4, 0.5) is 5.69 Å². The Morgan fingerprint density at radius 2 is 2.00 bits per heavy atom. The maximum absolute atomic E-state index is 12.3. The first-order valence-electron chi connectivity index (χ1n) is 8.65.